The molecule has 0 saturated carbocycles. The predicted octanol–water partition coefficient (Wildman–Crippen LogP) is 0.256. The van der Waals surface area contributed by atoms with E-state index in [1.165, 1.54) is 0 Å². The Kier molecular flexibility index (Phi) is 7.20. The van der Waals surface area contributed by atoms with Crippen LogP contribution >= 0.6 is 0 Å². The van der Waals surface area contributed by atoms with E-state index >= 15 is 0 Å². The molecule has 0 bridgehead atoms. The molecule has 2 heterocycles. The summed E-state index contributed by atoms with van der Waals surface area (Å²) in [5, 5.41) is 5.00. The largest absolute Gasteiger partial charge is 0.338 e. The van der Waals surface area contributed by atoms with Gasteiger partial charge in [-0.25, -0.2) is 9.78 Å². The zero-order valence-electron chi connectivity index (χ0n) is 14.6. The lowest BCUT2D eigenvalue weighted by atomic mass is 10.3. The summed E-state index contributed by atoms with van der Waals surface area (Å²) in [6.07, 6.45) is 4.68. The van der Waals surface area contributed by atoms with E-state index in [0.29, 0.717) is 6.54 Å². The molecule has 0 spiro atoms. The molecule has 1 aromatic rings. The van der Waals surface area contributed by atoms with E-state index in [-0.39, 0.29) is 12.5 Å². The van der Waals surface area contributed by atoms with Crippen LogP contribution in [0.4, 0.5) is 4.79 Å². The summed E-state index contributed by atoms with van der Waals surface area (Å²) in [6, 6.07) is -0.410. The lowest BCUT2D eigenvalue weighted by molar-refractivity contribution is -0.121. The number of urea groups is 1. The van der Waals surface area contributed by atoms with Crippen molar-refractivity contribution < 1.29 is 9.59 Å². The average molecular weight is 336 g/mol. The fourth-order valence-corrected chi connectivity index (χ4v) is 2.74. The highest BCUT2D eigenvalue weighted by Crippen LogP contribution is 2.07. The Hall–Kier alpha value is -1.93. The number of aromatic nitrogens is 2. The third-order valence-electron chi connectivity index (χ3n) is 4.13. The van der Waals surface area contributed by atoms with Gasteiger partial charge < -0.3 is 9.88 Å². The van der Waals surface area contributed by atoms with Gasteiger partial charge in [-0.15, -0.1) is 0 Å². The fourth-order valence-electron chi connectivity index (χ4n) is 2.74. The SMILES string of the molecule is CCCNC(=O)NC(=O)CN1CCN(Cc2nccn2CC)CC1. The van der Waals surface area contributed by atoms with Gasteiger partial charge >= 0.3 is 6.03 Å². The first-order valence-corrected chi connectivity index (χ1v) is 8.64. The number of imidazole rings is 1. The van der Waals surface area contributed by atoms with Crippen LogP contribution < -0.4 is 10.6 Å². The van der Waals surface area contributed by atoms with Crippen LogP contribution in [0.25, 0.3) is 0 Å². The Bertz CT molecular complexity index is 536. The maximum atomic E-state index is 11.9. The van der Waals surface area contributed by atoms with Crippen LogP contribution in [-0.4, -0.2) is 70.6 Å². The molecule has 24 heavy (non-hydrogen) atoms. The Morgan fingerprint density at radius 2 is 1.88 bits per heavy atom. The van der Waals surface area contributed by atoms with Crippen molar-refractivity contribution in [3.05, 3.63) is 18.2 Å². The first-order chi connectivity index (χ1) is 11.6. The van der Waals surface area contributed by atoms with Crippen LogP contribution in [0, 0.1) is 0 Å². The summed E-state index contributed by atoms with van der Waals surface area (Å²) in [5.41, 5.74) is 0. The summed E-state index contributed by atoms with van der Waals surface area (Å²) >= 11 is 0. The molecule has 0 atom stereocenters. The summed E-state index contributed by atoms with van der Waals surface area (Å²) in [6.45, 7) is 10.1. The van der Waals surface area contributed by atoms with E-state index in [1.807, 2.05) is 19.3 Å². The molecule has 0 aliphatic carbocycles. The third kappa shape index (κ3) is 5.61. The third-order valence-corrected chi connectivity index (χ3v) is 4.13. The van der Waals surface area contributed by atoms with Crippen molar-refractivity contribution in [3.63, 3.8) is 0 Å². The van der Waals surface area contributed by atoms with Gasteiger partial charge in [-0.2, -0.15) is 0 Å². The van der Waals surface area contributed by atoms with Gasteiger partial charge in [0.1, 0.15) is 5.82 Å². The van der Waals surface area contributed by atoms with Crippen molar-refractivity contribution in [2.45, 2.75) is 33.4 Å². The first kappa shape index (κ1) is 18.4. The van der Waals surface area contributed by atoms with Gasteiger partial charge in [-0.05, 0) is 13.3 Å². The van der Waals surface area contributed by atoms with E-state index in [2.05, 4.69) is 36.9 Å². The number of imide groups is 1. The summed E-state index contributed by atoms with van der Waals surface area (Å²) in [7, 11) is 0. The predicted molar refractivity (Wildman–Crippen MR) is 91.5 cm³/mol. The molecule has 3 amide bonds. The van der Waals surface area contributed by atoms with Gasteiger partial charge in [0, 0.05) is 51.7 Å². The molecular formula is C16H28N6O2. The highest BCUT2D eigenvalue weighted by molar-refractivity contribution is 5.95. The summed E-state index contributed by atoms with van der Waals surface area (Å²) in [4.78, 5) is 32.2. The van der Waals surface area contributed by atoms with E-state index in [1.54, 1.807) is 0 Å². The van der Waals surface area contributed by atoms with E-state index in [4.69, 9.17) is 0 Å². The molecule has 1 aliphatic rings. The zero-order chi connectivity index (χ0) is 17.4. The number of hydrogen-bond acceptors (Lipinski definition) is 5. The molecule has 1 saturated heterocycles. The van der Waals surface area contributed by atoms with E-state index in [9.17, 15) is 9.59 Å². The minimum absolute atomic E-state index is 0.251. The highest BCUT2D eigenvalue weighted by Gasteiger charge is 2.20. The van der Waals surface area contributed by atoms with Crippen molar-refractivity contribution in [1.82, 2.24) is 30.0 Å². The number of carbonyl (C=O) groups is 2. The minimum Gasteiger partial charge on any atom is -0.338 e. The lowest BCUT2D eigenvalue weighted by Crippen LogP contribution is -2.51. The Morgan fingerprint density at radius 3 is 2.54 bits per heavy atom. The zero-order valence-corrected chi connectivity index (χ0v) is 14.6. The quantitative estimate of drug-likeness (QED) is 0.746. The molecule has 1 fully saturated rings. The van der Waals surface area contributed by atoms with Gasteiger partial charge in [-0.3, -0.25) is 19.9 Å². The molecule has 1 aliphatic heterocycles. The normalized spacial score (nSPS) is 16.1. The van der Waals surface area contributed by atoms with Crippen LogP contribution in [0.3, 0.4) is 0 Å². The van der Waals surface area contributed by atoms with Crippen LogP contribution in [0.2, 0.25) is 0 Å². The monoisotopic (exact) mass is 336 g/mol. The Balaban J connectivity index is 1.69. The number of rotatable bonds is 7. The second kappa shape index (κ2) is 9.39. The van der Waals surface area contributed by atoms with Crippen LogP contribution in [-0.2, 0) is 17.9 Å². The van der Waals surface area contributed by atoms with Gasteiger partial charge in [0.25, 0.3) is 0 Å². The number of aryl methyl sites for hydroxylation is 1. The molecule has 134 valence electrons. The van der Waals surface area contributed by atoms with Gasteiger partial charge in [-0.1, -0.05) is 6.92 Å². The highest BCUT2D eigenvalue weighted by atomic mass is 16.2. The molecular weight excluding hydrogens is 308 g/mol. The van der Waals surface area contributed by atoms with Crippen molar-refractivity contribution in [2.24, 2.45) is 0 Å². The molecule has 8 nitrogen and oxygen atoms in total. The molecule has 2 rings (SSSR count). The number of carbonyl (C=O) groups excluding carboxylic acids is 2. The lowest BCUT2D eigenvalue weighted by Gasteiger charge is -2.34. The number of hydrogen-bond donors (Lipinski definition) is 2. The first-order valence-electron chi connectivity index (χ1n) is 8.64. The number of amides is 3. The molecule has 2 N–H and O–H groups in total. The average Bonchev–Trinajstić information content (AvgIpc) is 3.01. The summed E-state index contributed by atoms with van der Waals surface area (Å²) in [5.74, 6) is 0.829. The van der Waals surface area contributed by atoms with Gasteiger partial charge in [0.2, 0.25) is 5.91 Å². The maximum absolute atomic E-state index is 11.9. The fraction of sp³-hybridized carbons (Fsp3) is 0.688. The molecule has 0 unspecified atom stereocenters. The van der Waals surface area contributed by atoms with Gasteiger partial charge in [0.05, 0.1) is 13.1 Å². The van der Waals surface area contributed by atoms with Crippen molar-refractivity contribution in [2.75, 3.05) is 39.3 Å². The molecule has 0 aromatic carbocycles. The van der Waals surface area contributed by atoms with Crippen LogP contribution in [0.1, 0.15) is 26.1 Å². The van der Waals surface area contributed by atoms with E-state index in [0.717, 1.165) is 51.5 Å². The number of nitrogens with one attached hydrogen (secondary N) is 2. The topological polar surface area (TPSA) is 82.5 Å². The van der Waals surface area contributed by atoms with Crippen molar-refractivity contribution in [1.29, 1.82) is 0 Å². The van der Waals surface area contributed by atoms with Crippen LogP contribution in [0.15, 0.2) is 12.4 Å². The van der Waals surface area contributed by atoms with Crippen molar-refractivity contribution in [3.8, 4) is 0 Å². The molecule has 1 aromatic heterocycles. The van der Waals surface area contributed by atoms with Gasteiger partial charge in [0.15, 0.2) is 0 Å². The Labute approximate surface area is 143 Å². The maximum Gasteiger partial charge on any atom is 0.321 e. The van der Waals surface area contributed by atoms with Crippen molar-refractivity contribution >= 4 is 11.9 Å². The number of nitrogens with zero attached hydrogens (tertiary/aromatic N) is 4. The second-order valence-electron chi connectivity index (χ2n) is 5.99. The number of piperazine rings is 1. The molecule has 8 heteroatoms. The Morgan fingerprint density at radius 1 is 1.17 bits per heavy atom. The minimum atomic E-state index is -0.410. The van der Waals surface area contributed by atoms with E-state index < -0.39 is 6.03 Å². The summed E-state index contributed by atoms with van der Waals surface area (Å²) < 4.78 is 2.15. The van der Waals surface area contributed by atoms with Crippen LogP contribution in [0.5, 0.6) is 0 Å². The molecule has 0 radical (unpaired) electrons. The smallest absolute Gasteiger partial charge is 0.321 e. The standard InChI is InChI=1S/C16H28N6O2/c1-3-5-18-16(24)19-15(23)13-21-10-8-20(9-11-21)12-14-17-6-7-22(14)4-2/h6-7H,3-5,8-13H2,1-2H3,(H2,18,19,23,24). The second-order valence-corrected chi connectivity index (χ2v) is 5.99.